The van der Waals surface area contributed by atoms with Crippen LogP contribution in [0.5, 0.6) is 0 Å². The number of hydrogen-bond acceptors (Lipinski definition) is 7. The fourth-order valence-electron chi connectivity index (χ4n) is 4.33. The molecule has 2 saturated heterocycles. The maximum Gasteiger partial charge on any atom is 0.393 e. The van der Waals surface area contributed by atoms with E-state index in [0.717, 1.165) is 31.4 Å². The smallest absolute Gasteiger partial charge is 0.393 e. The van der Waals surface area contributed by atoms with E-state index < -0.39 is 6.04 Å². The number of urea groups is 1. The van der Waals surface area contributed by atoms with Gasteiger partial charge in [-0.25, -0.2) is 9.69 Å². The molecule has 10 heteroatoms. The number of carbonyl (C=O) groups is 2. The van der Waals surface area contributed by atoms with Crippen LogP contribution in [0.3, 0.4) is 0 Å². The topological polar surface area (TPSA) is 84.8 Å². The molecular weight excluding hydrogens is 376 g/mol. The van der Waals surface area contributed by atoms with Crippen molar-refractivity contribution in [2.24, 2.45) is 4.99 Å². The van der Waals surface area contributed by atoms with Crippen molar-refractivity contribution in [1.82, 2.24) is 19.6 Å². The van der Waals surface area contributed by atoms with Crippen LogP contribution in [0.15, 0.2) is 27.8 Å². The van der Waals surface area contributed by atoms with Crippen molar-refractivity contribution in [2.75, 3.05) is 59.5 Å². The van der Waals surface area contributed by atoms with Gasteiger partial charge in [0.1, 0.15) is 12.3 Å². The molecule has 2 fully saturated rings. The zero-order valence-corrected chi connectivity index (χ0v) is 16.5. The molecule has 1 aromatic rings. The maximum absolute atomic E-state index is 13.3. The first-order valence-corrected chi connectivity index (χ1v) is 10.0. The molecule has 0 N–H and O–H groups in total. The standard InChI is InChI=1S/C19H25N6O4/c1-21-16-15(17(26)25(19(21)27)6-4-22-8-11-28-12-9-22)24-7-5-23(18(24)20-16)13-14-3-2-10-29-14/h2-3,10,15H,4-9,11-13H2,1H3/q+1. The van der Waals surface area contributed by atoms with Crippen LogP contribution in [0.1, 0.15) is 5.76 Å². The van der Waals surface area contributed by atoms with Crippen molar-refractivity contribution < 1.29 is 23.3 Å². The lowest BCUT2D eigenvalue weighted by molar-refractivity contribution is -0.537. The van der Waals surface area contributed by atoms with Gasteiger partial charge in [0.05, 0.1) is 32.6 Å². The zero-order chi connectivity index (χ0) is 20.0. The Morgan fingerprint density at radius 2 is 2.03 bits per heavy atom. The SMILES string of the molecule is CN1C(=O)N(CCN2CCOCC2)C(=O)C2C1=NC1=[N+](Cc3ccco3)CCN12. The summed E-state index contributed by atoms with van der Waals surface area (Å²) in [4.78, 5) is 37.9. The molecule has 0 aromatic carbocycles. The van der Waals surface area contributed by atoms with E-state index in [4.69, 9.17) is 9.15 Å². The Kier molecular flexibility index (Phi) is 4.59. The molecule has 5 rings (SSSR count). The monoisotopic (exact) mass is 401 g/mol. The fourth-order valence-corrected chi connectivity index (χ4v) is 4.33. The van der Waals surface area contributed by atoms with Crippen molar-refractivity contribution in [3.8, 4) is 0 Å². The summed E-state index contributed by atoms with van der Waals surface area (Å²) in [7, 11) is 1.70. The lowest BCUT2D eigenvalue weighted by atomic mass is 10.1. The third-order valence-electron chi connectivity index (χ3n) is 5.95. The third kappa shape index (κ3) is 3.12. The highest BCUT2D eigenvalue weighted by molar-refractivity contribution is 6.25. The van der Waals surface area contributed by atoms with Crippen LogP contribution in [-0.2, 0) is 16.1 Å². The van der Waals surface area contributed by atoms with Gasteiger partial charge in [0.15, 0.2) is 0 Å². The second-order valence-electron chi connectivity index (χ2n) is 7.65. The number of ether oxygens (including phenoxy) is 1. The number of aliphatic imine (C=N–C) groups is 1. The summed E-state index contributed by atoms with van der Waals surface area (Å²) in [6.07, 6.45) is 1.65. The van der Waals surface area contributed by atoms with Gasteiger partial charge in [-0.15, -0.1) is 0 Å². The van der Waals surface area contributed by atoms with Crippen LogP contribution in [0.25, 0.3) is 0 Å². The Labute approximate surface area is 168 Å². The number of likely N-dealkylation sites (N-methyl/N-ethyl adjacent to an activating group) is 1. The van der Waals surface area contributed by atoms with E-state index >= 15 is 0 Å². The Hall–Kier alpha value is -2.72. The Balaban J connectivity index is 1.35. The number of rotatable bonds is 5. The van der Waals surface area contributed by atoms with Crippen molar-refractivity contribution in [3.63, 3.8) is 0 Å². The number of hydrogen-bond donors (Lipinski definition) is 0. The Morgan fingerprint density at radius 3 is 2.79 bits per heavy atom. The summed E-state index contributed by atoms with van der Waals surface area (Å²) in [6.45, 7) is 6.13. The van der Waals surface area contributed by atoms with Crippen molar-refractivity contribution >= 4 is 23.7 Å². The number of morpholine rings is 1. The summed E-state index contributed by atoms with van der Waals surface area (Å²) >= 11 is 0. The molecule has 3 amide bonds. The van der Waals surface area contributed by atoms with Crippen molar-refractivity contribution in [3.05, 3.63) is 24.2 Å². The van der Waals surface area contributed by atoms with Gasteiger partial charge in [-0.3, -0.25) is 24.1 Å². The van der Waals surface area contributed by atoms with Gasteiger partial charge in [-0.2, -0.15) is 0 Å². The minimum absolute atomic E-state index is 0.185. The van der Waals surface area contributed by atoms with Crippen molar-refractivity contribution in [2.45, 2.75) is 12.6 Å². The quantitative estimate of drug-likeness (QED) is 0.617. The predicted octanol–water partition coefficient (Wildman–Crippen LogP) is -0.529. The molecule has 1 unspecified atom stereocenters. The summed E-state index contributed by atoms with van der Waals surface area (Å²) in [5, 5.41) is 0. The van der Waals surface area contributed by atoms with E-state index in [1.807, 2.05) is 17.0 Å². The van der Waals surface area contributed by atoms with Gasteiger partial charge in [-0.1, -0.05) is 4.99 Å². The second-order valence-corrected chi connectivity index (χ2v) is 7.65. The average molecular weight is 401 g/mol. The van der Waals surface area contributed by atoms with Crippen LogP contribution >= 0.6 is 0 Å². The number of nitrogens with zero attached hydrogens (tertiary/aromatic N) is 6. The molecule has 0 spiro atoms. The van der Waals surface area contributed by atoms with Crippen LogP contribution < -0.4 is 0 Å². The van der Waals surface area contributed by atoms with E-state index in [9.17, 15) is 9.59 Å². The number of amides is 3. The minimum atomic E-state index is -0.529. The zero-order valence-electron chi connectivity index (χ0n) is 16.5. The van der Waals surface area contributed by atoms with E-state index in [-0.39, 0.29) is 11.9 Å². The van der Waals surface area contributed by atoms with E-state index in [1.54, 1.807) is 13.3 Å². The van der Waals surface area contributed by atoms with Crippen molar-refractivity contribution in [1.29, 1.82) is 0 Å². The number of furan rings is 1. The highest BCUT2D eigenvalue weighted by Crippen LogP contribution is 2.26. The van der Waals surface area contributed by atoms with Gasteiger partial charge in [-0.05, 0) is 12.1 Å². The molecular formula is C19H25N6O4+. The number of fused-ring (bicyclic) bond motifs is 3. The normalized spacial score (nSPS) is 25.1. The van der Waals surface area contributed by atoms with Gasteiger partial charge in [0.2, 0.25) is 11.9 Å². The molecule has 0 radical (unpaired) electrons. The maximum atomic E-state index is 13.3. The highest BCUT2D eigenvalue weighted by Gasteiger charge is 2.57. The Bertz CT molecular complexity index is 873. The molecule has 0 aliphatic carbocycles. The van der Waals surface area contributed by atoms with E-state index in [2.05, 4.69) is 14.5 Å². The average Bonchev–Trinajstić information content (AvgIpc) is 3.45. The molecule has 0 bridgehead atoms. The van der Waals surface area contributed by atoms with Crippen LogP contribution in [-0.4, -0.2) is 113 Å². The van der Waals surface area contributed by atoms with E-state index in [0.29, 0.717) is 45.2 Å². The number of amidine groups is 1. The first-order valence-electron chi connectivity index (χ1n) is 10.0. The molecule has 1 atom stereocenters. The molecule has 1 aromatic heterocycles. The summed E-state index contributed by atoms with van der Waals surface area (Å²) in [6, 6.07) is 2.94. The summed E-state index contributed by atoms with van der Waals surface area (Å²) < 4.78 is 12.9. The summed E-state index contributed by atoms with van der Waals surface area (Å²) in [5.41, 5.74) is 0. The Morgan fingerprint density at radius 1 is 1.21 bits per heavy atom. The lowest BCUT2D eigenvalue weighted by Crippen LogP contribution is -2.64. The van der Waals surface area contributed by atoms with Gasteiger partial charge >= 0.3 is 12.0 Å². The van der Waals surface area contributed by atoms with Gasteiger partial charge in [0.25, 0.3) is 5.91 Å². The first-order chi connectivity index (χ1) is 14.1. The predicted molar refractivity (Wildman–Crippen MR) is 103 cm³/mol. The van der Waals surface area contributed by atoms with Crippen LogP contribution in [0.4, 0.5) is 4.79 Å². The second kappa shape index (κ2) is 7.27. The van der Waals surface area contributed by atoms with E-state index in [1.165, 1.54) is 9.80 Å². The number of carbonyl (C=O) groups excluding carboxylic acids is 2. The first kappa shape index (κ1) is 18.3. The number of guanidine groups is 1. The largest absolute Gasteiger partial charge is 0.466 e. The molecule has 4 aliphatic heterocycles. The van der Waals surface area contributed by atoms with Gasteiger partial charge < -0.3 is 9.15 Å². The fraction of sp³-hybridized carbons (Fsp3) is 0.579. The summed E-state index contributed by atoms with van der Waals surface area (Å²) in [5.74, 6) is 1.92. The highest BCUT2D eigenvalue weighted by atomic mass is 16.5. The lowest BCUT2D eigenvalue weighted by Gasteiger charge is -2.36. The molecule has 10 nitrogen and oxygen atoms in total. The number of imide groups is 1. The van der Waals surface area contributed by atoms with Gasteiger partial charge in [0, 0.05) is 33.2 Å². The molecule has 0 saturated carbocycles. The molecule has 4 aliphatic rings. The third-order valence-corrected chi connectivity index (χ3v) is 5.95. The molecule has 5 heterocycles. The molecule has 29 heavy (non-hydrogen) atoms. The minimum Gasteiger partial charge on any atom is -0.466 e. The van der Waals surface area contributed by atoms with Crippen LogP contribution in [0.2, 0.25) is 0 Å². The molecule has 154 valence electrons. The van der Waals surface area contributed by atoms with Crippen LogP contribution in [0, 0.1) is 0 Å².